The molecule has 0 saturated heterocycles. The molecule has 3 aromatic rings. The zero-order valence-electron chi connectivity index (χ0n) is 14.4. The molecule has 0 radical (unpaired) electrons. The lowest BCUT2D eigenvalue weighted by Gasteiger charge is -2.18. The number of benzene rings is 2. The van der Waals surface area contributed by atoms with Crippen molar-refractivity contribution in [1.82, 2.24) is 14.5 Å². The maximum absolute atomic E-state index is 12.8. The van der Waals surface area contributed by atoms with Crippen LogP contribution in [0.5, 0.6) is 0 Å². The zero-order valence-corrected chi connectivity index (χ0v) is 15.2. The summed E-state index contributed by atoms with van der Waals surface area (Å²) in [6.07, 6.45) is 1.74. The molecule has 132 valence electrons. The maximum Gasteiger partial charge on any atom is 0.261 e. The van der Waals surface area contributed by atoms with Crippen LogP contribution in [0.1, 0.15) is 28.2 Å². The molecule has 0 aliphatic carbocycles. The van der Waals surface area contributed by atoms with Gasteiger partial charge in [-0.1, -0.05) is 29.8 Å². The molecule has 6 heteroatoms. The summed E-state index contributed by atoms with van der Waals surface area (Å²) < 4.78 is 1.73. The standard InChI is InChI=1S/C20H18ClN3O2/c1-23(12-14-5-2-3-6-16(14)21)19(25)13-8-9-15-17(11-13)22-18-7-4-10-24(18)20(15)26/h2-3,5-6,8-9,11H,4,7,10,12H2,1H3. The number of amides is 1. The predicted octanol–water partition coefficient (Wildman–Crippen LogP) is 3.27. The number of aromatic nitrogens is 2. The Balaban J connectivity index is 1.66. The molecule has 26 heavy (non-hydrogen) atoms. The second kappa shape index (κ2) is 6.57. The van der Waals surface area contributed by atoms with Crippen molar-refractivity contribution in [2.75, 3.05) is 7.05 Å². The van der Waals surface area contributed by atoms with E-state index in [2.05, 4.69) is 4.98 Å². The molecule has 2 heterocycles. The fourth-order valence-corrected chi connectivity index (χ4v) is 3.59. The molecule has 0 atom stereocenters. The summed E-state index contributed by atoms with van der Waals surface area (Å²) in [5.74, 6) is 0.672. The summed E-state index contributed by atoms with van der Waals surface area (Å²) in [7, 11) is 1.74. The Labute approximate surface area is 155 Å². The van der Waals surface area contributed by atoms with E-state index in [1.54, 1.807) is 34.7 Å². The normalized spacial score (nSPS) is 13.0. The summed E-state index contributed by atoms with van der Waals surface area (Å²) >= 11 is 6.18. The van der Waals surface area contributed by atoms with E-state index < -0.39 is 0 Å². The molecular formula is C20H18ClN3O2. The van der Waals surface area contributed by atoms with Gasteiger partial charge in [0.1, 0.15) is 5.82 Å². The quantitative estimate of drug-likeness (QED) is 0.714. The summed E-state index contributed by atoms with van der Waals surface area (Å²) in [5.41, 5.74) is 1.97. The second-order valence-electron chi connectivity index (χ2n) is 6.57. The summed E-state index contributed by atoms with van der Waals surface area (Å²) in [5, 5.41) is 1.19. The van der Waals surface area contributed by atoms with E-state index in [1.165, 1.54) is 0 Å². The Morgan fingerprint density at radius 3 is 2.88 bits per heavy atom. The van der Waals surface area contributed by atoms with Crippen LogP contribution in [0.4, 0.5) is 0 Å². The van der Waals surface area contributed by atoms with Gasteiger partial charge in [0, 0.05) is 37.1 Å². The molecule has 0 N–H and O–H groups in total. The van der Waals surface area contributed by atoms with Crippen LogP contribution in [0.2, 0.25) is 5.02 Å². The van der Waals surface area contributed by atoms with E-state index in [-0.39, 0.29) is 11.5 Å². The van der Waals surface area contributed by atoms with Gasteiger partial charge < -0.3 is 4.90 Å². The minimum atomic E-state index is -0.130. The van der Waals surface area contributed by atoms with E-state index in [9.17, 15) is 9.59 Å². The Hall–Kier alpha value is -2.66. The second-order valence-corrected chi connectivity index (χ2v) is 6.98. The summed E-state index contributed by atoms with van der Waals surface area (Å²) in [6.45, 7) is 1.13. The van der Waals surface area contributed by atoms with Crippen molar-refractivity contribution in [3.05, 3.63) is 74.8 Å². The number of carbonyl (C=O) groups excluding carboxylic acids is 1. The molecule has 1 aliphatic rings. The average molecular weight is 368 g/mol. The fraction of sp³-hybridized carbons (Fsp3) is 0.250. The number of nitrogens with zero attached hydrogens (tertiary/aromatic N) is 3. The smallest absolute Gasteiger partial charge is 0.261 e. The number of hydrogen-bond acceptors (Lipinski definition) is 3. The van der Waals surface area contributed by atoms with Crippen LogP contribution in [-0.2, 0) is 19.5 Å². The Morgan fingerprint density at radius 2 is 2.08 bits per heavy atom. The monoisotopic (exact) mass is 367 g/mol. The SMILES string of the molecule is CN(Cc1ccccc1Cl)C(=O)c1ccc2c(=O)n3c(nc2c1)CCC3. The number of aryl methyl sites for hydroxylation is 1. The third-order valence-corrected chi connectivity index (χ3v) is 5.14. The number of halogens is 1. The van der Waals surface area contributed by atoms with Gasteiger partial charge in [0.2, 0.25) is 0 Å². The third-order valence-electron chi connectivity index (χ3n) is 4.78. The minimum absolute atomic E-state index is 0.0223. The third kappa shape index (κ3) is 2.88. The number of carbonyl (C=O) groups is 1. The molecular weight excluding hydrogens is 350 g/mol. The van der Waals surface area contributed by atoms with Crippen molar-refractivity contribution in [3.63, 3.8) is 0 Å². The van der Waals surface area contributed by atoms with Gasteiger partial charge in [-0.2, -0.15) is 0 Å². The lowest BCUT2D eigenvalue weighted by molar-refractivity contribution is 0.0785. The largest absolute Gasteiger partial charge is 0.337 e. The Kier molecular flexibility index (Phi) is 4.24. The van der Waals surface area contributed by atoms with Crippen LogP contribution in [0.25, 0.3) is 10.9 Å². The van der Waals surface area contributed by atoms with E-state index in [0.717, 1.165) is 30.8 Å². The predicted molar refractivity (Wildman–Crippen MR) is 102 cm³/mol. The summed E-state index contributed by atoms with van der Waals surface area (Å²) in [6, 6.07) is 12.6. The highest BCUT2D eigenvalue weighted by Gasteiger charge is 2.18. The molecule has 1 aromatic heterocycles. The van der Waals surface area contributed by atoms with Gasteiger partial charge in [0.15, 0.2) is 0 Å². The van der Waals surface area contributed by atoms with Crippen LogP contribution in [0.3, 0.4) is 0 Å². The van der Waals surface area contributed by atoms with Crippen molar-refractivity contribution in [2.45, 2.75) is 25.9 Å². The van der Waals surface area contributed by atoms with Crippen LogP contribution in [0.15, 0.2) is 47.3 Å². The average Bonchev–Trinajstić information content (AvgIpc) is 3.11. The van der Waals surface area contributed by atoms with E-state index in [0.29, 0.717) is 28.0 Å². The highest BCUT2D eigenvalue weighted by molar-refractivity contribution is 6.31. The first-order chi connectivity index (χ1) is 12.5. The van der Waals surface area contributed by atoms with Crippen molar-refractivity contribution < 1.29 is 4.79 Å². The topological polar surface area (TPSA) is 55.2 Å². The first-order valence-corrected chi connectivity index (χ1v) is 8.95. The van der Waals surface area contributed by atoms with Gasteiger partial charge in [0.25, 0.3) is 11.5 Å². The first-order valence-electron chi connectivity index (χ1n) is 8.57. The van der Waals surface area contributed by atoms with Crippen molar-refractivity contribution in [2.24, 2.45) is 0 Å². The van der Waals surface area contributed by atoms with Crippen LogP contribution < -0.4 is 5.56 Å². The number of hydrogen-bond donors (Lipinski definition) is 0. The lowest BCUT2D eigenvalue weighted by atomic mass is 10.1. The molecule has 0 fully saturated rings. The van der Waals surface area contributed by atoms with Crippen LogP contribution in [-0.4, -0.2) is 27.4 Å². The maximum atomic E-state index is 12.8. The molecule has 0 unspecified atom stereocenters. The van der Waals surface area contributed by atoms with Crippen LogP contribution >= 0.6 is 11.6 Å². The summed E-state index contributed by atoms with van der Waals surface area (Å²) in [4.78, 5) is 31.5. The molecule has 0 saturated carbocycles. The molecule has 0 bridgehead atoms. The van der Waals surface area contributed by atoms with Gasteiger partial charge in [-0.25, -0.2) is 4.98 Å². The Bertz CT molecular complexity index is 1070. The minimum Gasteiger partial charge on any atom is -0.337 e. The number of rotatable bonds is 3. The molecule has 5 nitrogen and oxygen atoms in total. The van der Waals surface area contributed by atoms with Gasteiger partial charge in [-0.05, 0) is 36.2 Å². The first kappa shape index (κ1) is 16.8. The van der Waals surface area contributed by atoms with Crippen molar-refractivity contribution >= 4 is 28.4 Å². The molecule has 2 aromatic carbocycles. The van der Waals surface area contributed by atoms with Crippen molar-refractivity contribution in [1.29, 1.82) is 0 Å². The molecule has 0 spiro atoms. The van der Waals surface area contributed by atoms with Crippen LogP contribution in [0, 0.1) is 0 Å². The fourth-order valence-electron chi connectivity index (χ4n) is 3.39. The highest BCUT2D eigenvalue weighted by Crippen LogP contribution is 2.19. The van der Waals surface area contributed by atoms with Crippen molar-refractivity contribution in [3.8, 4) is 0 Å². The van der Waals surface area contributed by atoms with E-state index in [4.69, 9.17) is 11.6 Å². The highest BCUT2D eigenvalue weighted by atomic mass is 35.5. The lowest BCUT2D eigenvalue weighted by Crippen LogP contribution is -2.26. The van der Waals surface area contributed by atoms with E-state index >= 15 is 0 Å². The van der Waals surface area contributed by atoms with E-state index in [1.807, 2.05) is 24.3 Å². The van der Waals surface area contributed by atoms with Gasteiger partial charge in [-0.15, -0.1) is 0 Å². The molecule has 4 rings (SSSR count). The van der Waals surface area contributed by atoms with Gasteiger partial charge in [0.05, 0.1) is 10.9 Å². The zero-order chi connectivity index (χ0) is 18.3. The number of fused-ring (bicyclic) bond motifs is 2. The molecule has 1 amide bonds. The van der Waals surface area contributed by atoms with Gasteiger partial charge >= 0.3 is 0 Å². The van der Waals surface area contributed by atoms with Gasteiger partial charge in [-0.3, -0.25) is 14.2 Å². The Morgan fingerprint density at radius 1 is 1.27 bits per heavy atom. The molecule has 1 aliphatic heterocycles.